The number of hydrogen-bond acceptors (Lipinski definition) is 4. The summed E-state index contributed by atoms with van der Waals surface area (Å²) >= 11 is 7.15. The van der Waals surface area contributed by atoms with Crippen molar-refractivity contribution in [3.8, 4) is 0 Å². The Hall–Kier alpha value is -0.650. The Balaban J connectivity index is 1.65. The number of ether oxygens (including phenoxy) is 1. The van der Waals surface area contributed by atoms with Crippen molar-refractivity contribution in [3.63, 3.8) is 0 Å². The third-order valence-corrected chi connectivity index (χ3v) is 4.12. The van der Waals surface area contributed by atoms with Crippen LogP contribution >= 0.6 is 22.9 Å². The van der Waals surface area contributed by atoms with Gasteiger partial charge >= 0.3 is 0 Å². The second-order valence-electron chi connectivity index (χ2n) is 4.41. The van der Waals surface area contributed by atoms with E-state index in [1.54, 1.807) is 0 Å². The van der Waals surface area contributed by atoms with Gasteiger partial charge in [0.25, 0.3) is 0 Å². The number of hydrogen-bond donors (Lipinski definition) is 1. The van der Waals surface area contributed by atoms with E-state index < -0.39 is 0 Å². The lowest BCUT2D eigenvalue weighted by Crippen LogP contribution is -2.27. The van der Waals surface area contributed by atoms with Crippen molar-refractivity contribution in [2.75, 3.05) is 19.8 Å². The molecule has 6 heteroatoms. The molecule has 4 nitrogen and oxygen atoms in total. The molecule has 2 heterocycles. The highest BCUT2D eigenvalue weighted by Gasteiger charge is 2.15. The number of amides is 1. The Morgan fingerprint density at radius 2 is 2.56 bits per heavy atom. The zero-order valence-electron chi connectivity index (χ0n) is 10.2. The first-order valence-corrected chi connectivity index (χ1v) is 7.53. The lowest BCUT2D eigenvalue weighted by Gasteiger charge is -2.08. The normalized spacial score (nSPS) is 19.1. The average Bonchev–Trinajstić information content (AvgIpc) is 3.00. The fraction of sp³-hybridized carbons (Fsp3) is 0.667. The van der Waals surface area contributed by atoms with Gasteiger partial charge in [-0.05, 0) is 18.8 Å². The predicted octanol–water partition coefficient (Wildman–Crippen LogP) is 1.97. The van der Waals surface area contributed by atoms with E-state index in [2.05, 4.69) is 10.3 Å². The van der Waals surface area contributed by atoms with Crippen LogP contribution in [0.4, 0.5) is 0 Å². The van der Waals surface area contributed by atoms with Crippen LogP contribution in [-0.2, 0) is 21.8 Å². The van der Waals surface area contributed by atoms with Crippen LogP contribution in [0.3, 0.4) is 0 Å². The van der Waals surface area contributed by atoms with E-state index in [0.29, 0.717) is 18.2 Å². The van der Waals surface area contributed by atoms with Crippen molar-refractivity contribution < 1.29 is 9.53 Å². The summed E-state index contributed by atoms with van der Waals surface area (Å²) in [5.74, 6) is 1.04. The molecule has 0 spiro atoms. The third kappa shape index (κ3) is 4.23. The molecule has 1 atom stereocenters. The number of carbonyl (C=O) groups is 1. The van der Waals surface area contributed by atoms with Crippen molar-refractivity contribution in [2.45, 2.75) is 25.1 Å². The van der Waals surface area contributed by atoms with Crippen LogP contribution in [0, 0.1) is 5.92 Å². The molecule has 1 aliphatic rings. The van der Waals surface area contributed by atoms with Gasteiger partial charge in [-0.15, -0.1) is 22.9 Å². The van der Waals surface area contributed by atoms with E-state index in [-0.39, 0.29) is 5.91 Å². The van der Waals surface area contributed by atoms with Gasteiger partial charge in [-0.2, -0.15) is 0 Å². The molecule has 0 radical (unpaired) electrons. The van der Waals surface area contributed by atoms with Crippen LogP contribution in [-0.4, -0.2) is 30.6 Å². The summed E-state index contributed by atoms with van der Waals surface area (Å²) in [4.78, 5) is 15.9. The van der Waals surface area contributed by atoms with E-state index in [1.807, 2.05) is 5.38 Å². The standard InChI is InChI=1S/C12H17ClN2O2S/c13-6-10-8-18-12(15-10)5-11(16)14-3-1-9-2-4-17-7-9/h8-9H,1-7H2,(H,14,16). The molecule has 1 unspecified atom stereocenters. The lowest BCUT2D eigenvalue weighted by atomic mass is 10.1. The molecule has 1 aromatic rings. The minimum Gasteiger partial charge on any atom is -0.381 e. The smallest absolute Gasteiger partial charge is 0.226 e. The number of halogens is 1. The quantitative estimate of drug-likeness (QED) is 0.814. The number of aromatic nitrogens is 1. The maximum Gasteiger partial charge on any atom is 0.226 e. The van der Waals surface area contributed by atoms with E-state index in [9.17, 15) is 4.79 Å². The van der Waals surface area contributed by atoms with E-state index in [0.717, 1.165) is 43.3 Å². The molecule has 1 N–H and O–H groups in total. The molecule has 2 rings (SSSR count). The maximum atomic E-state index is 11.7. The Labute approximate surface area is 116 Å². The number of rotatable bonds is 6. The van der Waals surface area contributed by atoms with Crippen molar-refractivity contribution >= 4 is 28.8 Å². The SMILES string of the molecule is O=C(Cc1nc(CCl)cs1)NCCC1CCOC1. The first-order chi connectivity index (χ1) is 8.78. The molecular weight excluding hydrogens is 272 g/mol. The average molecular weight is 289 g/mol. The Kier molecular flexibility index (Phi) is 5.41. The van der Waals surface area contributed by atoms with Crippen LogP contribution < -0.4 is 5.32 Å². The topological polar surface area (TPSA) is 51.2 Å². The van der Waals surface area contributed by atoms with Gasteiger partial charge in [-0.3, -0.25) is 4.79 Å². The van der Waals surface area contributed by atoms with Gasteiger partial charge in [0.2, 0.25) is 5.91 Å². The van der Waals surface area contributed by atoms with Gasteiger partial charge in [0, 0.05) is 25.1 Å². The summed E-state index contributed by atoms with van der Waals surface area (Å²) in [7, 11) is 0. The molecule has 1 amide bonds. The van der Waals surface area contributed by atoms with Gasteiger partial charge in [0.1, 0.15) is 5.01 Å². The van der Waals surface area contributed by atoms with Crippen molar-refractivity contribution in [1.82, 2.24) is 10.3 Å². The highest BCUT2D eigenvalue weighted by atomic mass is 35.5. The van der Waals surface area contributed by atoms with Crippen LogP contribution in [0.15, 0.2) is 5.38 Å². The first-order valence-electron chi connectivity index (χ1n) is 6.11. The second-order valence-corrected chi connectivity index (χ2v) is 5.62. The number of nitrogens with zero attached hydrogens (tertiary/aromatic N) is 1. The number of nitrogens with one attached hydrogen (secondary N) is 1. The van der Waals surface area contributed by atoms with E-state index in [1.165, 1.54) is 11.3 Å². The second kappa shape index (κ2) is 7.07. The molecule has 1 aromatic heterocycles. The number of thiazole rings is 1. The predicted molar refractivity (Wildman–Crippen MR) is 71.9 cm³/mol. The minimum absolute atomic E-state index is 0.0318. The van der Waals surface area contributed by atoms with Gasteiger partial charge in [-0.25, -0.2) is 4.98 Å². The van der Waals surface area contributed by atoms with Gasteiger partial charge in [0.05, 0.1) is 18.0 Å². The molecule has 0 bridgehead atoms. The van der Waals surface area contributed by atoms with Gasteiger partial charge in [-0.1, -0.05) is 0 Å². The van der Waals surface area contributed by atoms with Crippen molar-refractivity contribution in [1.29, 1.82) is 0 Å². The Morgan fingerprint density at radius 3 is 3.22 bits per heavy atom. The molecular formula is C12H17ClN2O2S. The summed E-state index contributed by atoms with van der Waals surface area (Å²) in [6, 6.07) is 0. The summed E-state index contributed by atoms with van der Waals surface area (Å²) in [5, 5.41) is 5.65. The summed E-state index contributed by atoms with van der Waals surface area (Å²) in [6.45, 7) is 2.42. The summed E-state index contributed by atoms with van der Waals surface area (Å²) in [6.07, 6.45) is 2.46. The van der Waals surface area contributed by atoms with Gasteiger partial charge in [0.15, 0.2) is 0 Å². The molecule has 1 fully saturated rings. The molecule has 0 aliphatic carbocycles. The molecule has 1 aliphatic heterocycles. The fourth-order valence-corrected chi connectivity index (χ4v) is 2.94. The maximum absolute atomic E-state index is 11.7. The van der Waals surface area contributed by atoms with Crippen LogP contribution in [0.2, 0.25) is 0 Å². The third-order valence-electron chi connectivity index (χ3n) is 2.95. The number of alkyl halides is 1. The molecule has 1 saturated heterocycles. The van der Waals surface area contributed by atoms with E-state index in [4.69, 9.17) is 16.3 Å². The van der Waals surface area contributed by atoms with Crippen molar-refractivity contribution in [3.05, 3.63) is 16.1 Å². The van der Waals surface area contributed by atoms with Crippen LogP contribution in [0.1, 0.15) is 23.5 Å². The molecule has 18 heavy (non-hydrogen) atoms. The van der Waals surface area contributed by atoms with E-state index >= 15 is 0 Å². The highest BCUT2D eigenvalue weighted by Crippen LogP contribution is 2.15. The minimum atomic E-state index is 0.0318. The first kappa shape index (κ1) is 13.8. The molecule has 0 saturated carbocycles. The van der Waals surface area contributed by atoms with Crippen molar-refractivity contribution in [2.24, 2.45) is 5.92 Å². The van der Waals surface area contributed by atoms with Gasteiger partial charge < -0.3 is 10.1 Å². The lowest BCUT2D eigenvalue weighted by molar-refractivity contribution is -0.120. The highest BCUT2D eigenvalue weighted by molar-refractivity contribution is 7.09. The summed E-state index contributed by atoms with van der Waals surface area (Å²) < 4.78 is 5.29. The molecule has 0 aromatic carbocycles. The zero-order valence-corrected chi connectivity index (χ0v) is 11.7. The number of carbonyl (C=O) groups excluding carboxylic acids is 1. The fourth-order valence-electron chi connectivity index (χ4n) is 1.92. The van der Waals surface area contributed by atoms with Crippen LogP contribution in [0.25, 0.3) is 0 Å². The largest absolute Gasteiger partial charge is 0.381 e. The monoisotopic (exact) mass is 288 g/mol. The zero-order chi connectivity index (χ0) is 12.8. The molecule has 100 valence electrons. The Morgan fingerprint density at radius 1 is 1.67 bits per heavy atom. The summed E-state index contributed by atoms with van der Waals surface area (Å²) in [5.41, 5.74) is 0.840. The van der Waals surface area contributed by atoms with Crippen LogP contribution in [0.5, 0.6) is 0 Å². The Bertz CT molecular complexity index is 391.